The van der Waals surface area contributed by atoms with Crippen molar-refractivity contribution in [2.24, 2.45) is 0 Å². The van der Waals surface area contributed by atoms with Gasteiger partial charge in [0.15, 0.2) is 6.10 Å². The summed E-state index contributed by atoms with van der Waals surface area (Å²) in [7, 11) is -2.14. The van der Waals surface area contributed by atoms with Crippen molar-refractivity contribution in [3.05, 3.63) is 35.6 Å². The van der Waals surface area contributed by atoms with Gasteiger partial charge in [-0.25, -0.2) is 22.1 Å². The molecule has 1 aromatic rings. The summed E-state index contributed by atoms with van der Waals surface area (Å²) in [5.41, 5.74) is -3.73. The van der Waals surface area contributed by atoms with E-state index in [0.717, 1.165) is 12.1 Å². The average Bonchev–Trinajstić information content (AvgIpc) is 2.51. The Morgan fingerprint density at radius 2 is 1.84 bits per heavy atom. The molecule has 2 N–H and O–H groups in total. The number of hydrogen-bond donors (Lipinski definition) is 2. The SMILES string of the molecule is CCCC[S@](=O)N[C@@](C[C@H](O)C(F)(F)F)(c1ccccc1F)C(F)F. The molecule has 0 saturated heterocycles. The molecule has 3 atom stereocenters. The van der Waals surface area contributed by atoms with E-state index in [1.807, 2.05) is 4.72 Å². The van der Waals surface area contributed by atoms with Gasteiger partial charge in [0.2, 0.25) is 0 Å². The fourth-order valence-corrected chi connectivity index (χ4v) is 3.57. The van der Waals surface area contributed by atoms with Crippen molar-refractivity contribution in [1.29, 1.82) is 0 Å². The lowest BCUT2D eigenvalue weighted by molar-refractivity contribution is -0.213. The summed E-state index contributed by atoms with van der Waals surface area (Å²) < 4.78 is 93.8. The molecule has 25 heavy (non-hydrogen) atoms. The number of rotatable bonds is 9. The third kappa shape index (κ3) is 5.68. The van der Waals surface area contributed by atoms with E-state index in [0.29, 0.717) is 12.8 Å². The maximum absolute atomic E-state index is 14.1. The minimum atomic E-state index is -5.18. The van der Waals surface area contributed by atoms with Gasteiger partial charge in [0.25, 0.3) is 6.43 Å². The number of aliphatic hydroxyl groups is 1. The fraction of sp³-hybridized carbons (Fsp3) is 0.600. The minimum Gasteiger partial charge on any atom is -0.384 e. The molecule has 0 fully saturated rings. The Morgan fingerprint density at radius 1 is 1.24 bits per heavy atom. The molecule has 10 heteroatoms. The van der Waals surface area contributed by atoms with Crippen molar-refractivity contribution >= 4 is 11.0 Å². The molecule has 1 rings (SSSR count). The summed E-state index contributed by atoms with van der Waals surface area (Å²) in [6.07, 6.45) is -12.5. The fourth-order valence-electron chi connectivity index (χ4n) is 2.23. The van der Waals surface area contributed by atoms with Crippen molar-refractivity contribution in [1.82, 2.24) is 4.72 Å². The maximum Gasteiger partial charge on any atom is 0.414 e. The van der Waals surface area contributed by atoms with E-state index in [2.05, 4.69) is 0 Å². The first-order chi connectivity index (χ1) is 11.5. The van der Waals surface area contributed by atoms with Crippen LogP contribution in [0.15, 0.2) is 24.3 Å². The number of alkyl halides is 5. The van der Waals surface area contributed by atoms with Crippen molar-refractivity contribution < 1.29 is 35.7 Å². The summed E-state index contributed by atoms with van der Waals surface area (Å²) in [5.74, 6) is -1.28. The predicted molar refractivity (Wildman–Crippen MR) is 81.8 cm³/mol. The predicted octanol–water partition coefficient (Wildman–Crippen LogP) is 3.65. The number of halogens is 6. The molecular formula is C15H19F6NO2S. The lowest BCUT2D eigenvalue weighted by atomic mass is 9.85. The molecule has 0 saturated carbocycles. The van der Waals surface area contributed by atoms with Gasteiger partial charge in [-0.2, -0.15) is 13.2 Å². The highest BCUT2D eigenvalue weighted by molar-refractivity contribution is 7.83. The smallest absolute Gasteiger partial charge is 0.384 e. The molecule has 0 radical (unpaired) electrons. The largest absolute Gasteiger partial charge is 0.414 e. The standard InChI is InChI=1S/C15H19F6NO2S/c1-2-3-8-25(24)22-14(13(17)18,9-12(23)15(19,20)21)10-6-4-5-7-11(10)16/h4-7,12-13,22-23H,2-3,8-9H2,1H3/t12-,14-,25-/m0/s1. The third-order valence-electron chi connectivity index (χ3n) is 3.60. The second-order valence-electron chi connectivity index (χ2n) is 5.52. The Labute approximate surface area is 144 Å². The zero-order chi connectivity index (χ0) is 19.3. The quantitative estimate of drug-likeness (QED) is 0.632. The van der Waals surface area contributed by atoms with Crippen LogP contribution in [-0.2, 0) is 16.5 Å². The van der Waals surface area contributed by atoms with Crippen LogP contribution in [0, 0.1) is 5.82 Å². The van der Waals surface area contributed by atoms with E-state index >= 15 is 0 Å². The van der Waals surface area contributed by atoms with Crippen LogP contribution >= 0.6 is 0 Å². The minimum absolute atomic E-state index is 0.0957. The Hall–Kier alpha value is -1.13. The van der Waals surface area contributed by atoms with Gasteiger partial charge in [-0.15, -0.1) is 0 Å². The normalized spacial score (nSPS) is 17.3. The summed E-state index contributed by atoms with van der Waals surface area (Å²) in [6.45, 7) is 1.75. The van der Waals surface area contributed by atoms with E-state index in [9.17, 15) is 35.7 Å². The van der Waals surface area contributed by atoms with E-state index < -0.39 is 53.0 Å². The second-order valence-corrected chi connectivity index (χ2v) is 6.82. The monoisotopic (exact) mass is 391 g/mol. The third-order valence-corrected chi connectivity index (χ3v) is 4.85. The zero-order valence-corrected chi connectivity index (χ0v) is 14.1. The molecule has 0 aliphatic carbocycles. The van der Waals surface area contributed by atoms with Gasteiger partial charge >= 0.3 is 6.18 Å². The molecule has 1 aromatic carbocycles. The molecule has 0 aliphatic rings. The van der Waals surface area contributed by atoms with Gasteiger partial charge in [0.05, 0.1) is 11.0 Å². The molecular weight excluding hydrogens is 372 g/mol. The Bertz CT molecular complexity index is 583. The van der Waals surface area contributed by atoms with Crippen molar-refractivity contribution in [3.63, 3.8) is 0 Å². The molecule has 0 aromatic heterocycles. The molecule has 0 bridgehead atoms. The zero-order valence-electron chi connectivity index (χ0n) is 13.3. The topological polar surface area (TPSA) is 49.3 Å². The van der Waals surface area contributed by atoms with Crippen LogP contribution in [0.25, 0.3) is 0 Å². The van der Waals surface area contributed by atoms with Gasteiger partial charge in [-0.3, -0.25) is 0 Å². The van der Waals surface area contributed by atoms with Crippen molar-refractivity contribution in [2.75, 3.05) is 5.75 Å². The first-order valence-electron chi connectivity index (χ1n) is 7.48. The van der Waals surface area contributed by atoms with Crippen LogP contribution in [0.5, 0.6) is 0 Å². The molecule has 144 valence electrons. The Balaban J connectivity index is 3.35. The number of aliphatic hydroxyl groups excluding tert-OH is 1. The van der Waals surface area contributed by atoms with E-state index in [4.69, 9.17) is 0 Å². The first kappa shape index (κ1) is 21.9. The molecule has 0 unspecified atom stereocenters. The van der Waals surface area contributed by atoms with Gasteiger partial charge < -0.3 is 5.11 Å². The van der Waals surface area contributed by atoms with Crippen LogP contribution in [0.4, 0.5) is 26.3 Å². The number of hydrogen-bond acceptors (Lipinski definition) is 2. The van der Waals surface area contributed by atoms with Crippen LogP contribution < -0.4 is 4.72 Å². The van der Waals surface area contributed by atoms with Crippen LogP contribution in [-0.4, -0.2) is 33.8 Å². The maximum atomic E-state index is 14.1. The van der Waals surface area contributed by atoms with Crippen molar-refractivity contribution in [2.45, 2.75) is 50.4 Å². The lowest BCUT2D eigenvalue weighted by Gasteiger charge is -2.36. The number of nitrogens with one attached hydrogen (secondary N) is 1. The highest BCUT2D eigenvalue weighted by atomic mass is 32.2. The number of unbranched alkanes of at least 4 members (excludes halogenated alkanes) is 1. The van der Waals surface area contributed by atoms with E-state index in [1.54, 1.807) is 6.92 Å². The molecule has 3 nitrogen and oxygen atoms in total. The van der Waals surface area contributed by atoms with Gasteiger partial charge in [-0.05, 0) is 12.5 Å². The first-order valence-corrected chi connectivity index (χ1v) is 8.80. The summed E-state index contributed by atoms with van der Waals surface area (Å²) in [4.78, 5) is 0. The number of benzene rings is 1. The van der Waals surface area contributed by atoms with E-state index in [-0.39, 0.29) is 5.75 Å². The molecule has 0 heterocycles. The summed E-state index contributed by atoms with van der Waals surface area (Å²) in [6, 6.07) is 4.05. The second kappa shape index (κ2) is 9.00. The molecule has 0 spiro atoms. The summed E-state index contributed by atoms with van der Waals surface area (Å²) in [5, 5.41) is 9.29. The van der Waals surface area contributed by atoms with E-state index in [1.165, 1.54) is 12.1 Å². The van der Waals surface area contributed by atoms with Gasteiger partial charge in [-0.1, -0.05) is 31.5 Å². The summed E-state index contributed by atoms with van der Waals surface area (Å²) >= 11 is 0. The van der Waals surface area contributed by atoms with Crippen LogP contribution in [0.1, 0.15) is 31.7 Å². The highest BCUT2D eigenvalue weighted by Crippen LogP contribution is 2.38. The highest BCUT2D eigenvalue weighted by Gasteiger charge is 2.51. The Morgan fingerprint density at radius 3 is 2.32 bits per heavy atom. The van der Waals surface area contributed by atoms with Crippen LogP contribution in [0.2, 0.25) is 0 Å². The molecule has 0 amide bonds. The average molecular weight is 391 g/mol. The van der Waals surface area contributed by atoms with Gasteiger partial charge in [0.1, 0.15) is 11.4 Å². The Kier molecular flexibility index (Phi) is 7.88. The van der Waals surface area contributed by atoms with Crippen molar-refractivity contribution in [3.8, 4) is 0 Å². The van der Waals surface area contributed by atoms with Crippen LogP contribution in [0.3, 0.4) is 0 Å². The molecule has 0 aliphatic heterocycles. The lowest BCUT2D eigenvalue weighted by Crippen LogP contribution is -2.54. The van der Waals surface area contributed by atoms with Gasteiger partial charge in [0, 0.05) is 17.7 Å².